The Kier molecular flexibility index (Phi) is 6.75. The molecule has 7 heteroatoms. The molecule has 0 saturated carbocycles. The van der Waals surface area contributed by atoms with Gasteiger partial charge in [0.05, 0.1) is 11.4 Å². The summed E-state index contributed by atoms with van der Waals surface area (Å²) in [5, 5.41) is 3.05. The molecular weight excluding hydrogens is 404 g/mol. The number of nitrogens with one attached hydrogen (secondary N) is 1. The molecular formula is C18H21BrN2O3S. The molecule has 0 aliphatic heterocycles. The summed E-state index contributed by atoms with van der Waals surface area (Å²) in [5.74, 6) is -0.102. The van der Waals surface area contributed by atoms with E-state index in [0.29, 0.717) is 18.7 Å². The van der Waals surface area contributed by atoms with Crippen LogP contribution in [0.15, 0.2) is 57.9 Å². The number of sulfonamides is 1. The lowest BCUT2D eigenvalue weighted by molar-refractivity contribution is 0.101. The first-order valence-corrected chi connectivity index (χ1v) is 10.2. The second kappa shape index (κ2) is 8.60. The SMILES string of the molecule is CCN(CC)S(=O)(=O)c1ccc(C(=O)CNc2ccc(Br)cc2)cc1. The lowest BCUT2D eigenvalue weighted by Crippen LogP contribution is -2.30. The summed E-state index contributed by atoms with van der Waals surface area (Å²) in [6.07, 6.45) is 0. The van der Waals surface area contributed by atoms with Crippen molar-refractivity contribution in [3.63, 3.8) is 0 Å². The second-order valence-electron chi connectivity index (χ2n) is 5.40. The Hall–Kier alpha value is -1.70. The number of ketones is 1. The molecule has 0 aliphatic rings. The summed E-state index contributed by atoms with van der Waals surface area (Å²) in [6.45, 7) is 4.57. The highest BCUT2D eigenvalue weighted by atomic mass is 79.9. The largest absolute Gasteiger partial charge is 0.378 e. The first-order chi connectivity index (χ1) is 11.9. The molecule has 0 amide bonds. The average Bonchev–Trinajstić information content (AvgIpc) is 2.62. The maximum absolute atomic E-state index is 12.4. The Morgan fingerprint density at radius 1 is 1.00 bits per heavy atom. The molecule has 0 heterocycles. The molecule has 0 bridgehead atoms. The van der Waals surface area contributed by atoms with Crippen molar-refractivity contribution in [3.05, 3.63) is 58.6 Å². The van der Waals surface area contributed by atoms with Gasteiger partial charge in [-0.3, -0.25) is 4.79 Å². The number of hydrogen-bond acceptors (Lipinski definition) is 4. The van der Waals surface area contributed by atoms with E-state index in [0.717, 1.165) is 10.2 Å². The quantitative estimate of drug-likeness (QED) is 0.654. The minimum atomic E-state index is -3.50. The fourth-order valence-electron chi connectivity index (χ4n) is 2.38. The second-order valence-corrected chi connectivity index (χ2v) is 8.25. The topological polar surface area (TPSA) is 66.5 Å². The highest BCUT2D eigenvalue weighted by molar-refractivity contribution is 9.10. The third-order valence-electron chi connectivity index (χ3n) is 3.82. The molecule has 0 fully saturated rings. The third-order valence-corrected chi connectivity index (χ3v) is 6.41. The Morgan fingerprint density at radius 3 is 2.08 bits per heavy atom. The molecule has 0 radical (unpaired) electrons. The van der Waals surface area contributed by atoms with Gasteiger partial charge in [0.1, 0.15) is 0 Å². The molecule has 1 N–H and O–H groups in total. The first-order valence-electron chi connectivity index (χ1n) is 8.01. The van der Waals surface area contributed by atoms with Gasteiger partial charge >= 0.3 is 0 Å². The van der Waals surface area contributed by atoms with Gasteiger partial charge in [-0.05, 0) is 48.5 Å². The number of nitrogens with zero attached hydrogens (tertiary/aromatic N) is 1. The Balaban J connectivity index is 2.06. The Labute approximate surface area is 157 Å². The van der Waals surface area contributed by atoms with E-state index in [9.17, 15) is 13.2 Å². The van der Waals surface area contributed by atoms with Crippen molar-refractivity contribution in [2.24, 2.45) is 0 Å². The van der Waals surface area contributed by atoms with Crippen molar-refractivity contribution in [1.82, 2.24) is 4.31 Å². The van der Waals surface area contributed by atoms with E-state index in [2.05, 4.69) is 21.2 Å². The van der Waals surface area contributed by atoms with E-state index in [-0.39, 0.29) is 17.2 Å². The molecule has 25 heavy (non-hydrogen) atoms. The standard InChI is InChI=1S/C18H21BrN2O3S/c1-3-21(4-2)25(23,24)17-11-5-14(6-12-17)18(22)13-20-16-9-7-15(19)8-10-16/h5-12,20H,3-4,13H2,1-2H3. The molecule has 5 nitrogen and oxygen atoms in total. The number of Topliss-reactive ketones (excluding diaryl/α,β-unsaturated/α-hetero) is 1. The van der Waals surface area contributed by atoms with Gasteiger partial charge in [0.2, 0.25) is 10.0 Å². The molecule has 2 aromatic rings. The number of carbonyl (C=O) groups is 1. The predicted octanol–water partition coefficient (Wildman–Crippen LogP) is 3.77. The van der Waals surface area contributed by atoms with Crippen LogP contribution in [-0.4, -0.2) is 38.1 Å². The summed E-state index contributed by atoms with van der Waals surface area (Å²) in [7, 11) is -3.50. The van der Waals surface area contributed by atoms with Crippen LogP contribution in [0.2, 0.25) is 0 Å². The van der Waals surface area contributed by atoms with Crippen molar-refractivity contribution < 1.29 is 13.2 Å². The normalized spacial score (nSPS) is 11.5. The molecule has 0 spiro atoms. The van der Waals surface area contributed by atoms with Crippen LogP contribution in [0.3, 0.4) is 0 Å². The lowest BCUT2D eigenvalue weighted by Gasteiger charge is -2.18. The van der Waals surface area contributed by atoms with Crippen molar-refractivity contribution in [1.29, 1.82) is 0 Å². The minimum absolute atomic E-state index is 0.102. The van der Waals surface area contributed by atoms with Crippen LogP contribution in [0.25, 0.3) is 0 Å². The Morgan fingerprint density at radius 2 is 1.56 bits per heavy atom. The van der Waals surface area contributed by atoms with Crippen LogP contribution in [-0.2, 0) is 10.0 Å². The summed E-state index contributed by atoms with van der Waals surface area (Å²) in [5.41, 5.74) is 1.32. The molecule has 2 rings (SSSR count). The van der Waals surface area contributed by atoms with E-state index < -0.39 is 10.0 Å². The number of carbonyl (C=O) groups excluding carboxylic acids is 1. The van der Waals surface area contributed by atoms with E-state index in [1.165, 1.54) is 16.4 Å². The van der Waals surface area contributed by atoms with Crippen molar-refractivity contribution in [2.75, 3.05) is 25.0 Å². The van der Waals surface area contributed by atoms with Crippen LogP contribution in [0, 0.1) is 0 Å². The minimum Gasteiger partial charge on any atom is -0.378 e. The highest BCUT2D eigenvalue weighted by Gasteiger charge is 2.21. The van der Waals surface area contributed by atoms with E-state index in [1.54, 1.807) is 26.0 Å². The Bertz CT molecular complexity index is 814. The fraction of sp³-hybridized carbons (Fsp3) is 0.278. The number of halogens is 1. The smallest absolute Gasteiger partial charge is 0.243 e. The van der Waals surface area contributed by atoms with Crippen molar-refractivity contribution in [2.45, 2.75) is 18.7 Å². The van der Waals surface area contributed by atoms with Crippen LogP contribution < -0.4 is 5.32 Å². The summed E-state index contributed by atoms with van der Waals surface area (Å²) in [6, 6.07) is 13.6. The summed E-state index contributed by atoms with van der Waals surface area (Å²) >= 11 is 3.36. The van der Waals surface area contributed by atoms with Crippen LogP contribution in [0.1, 0.15) is 24.2 Å². The number of anilines is 1. The predicted molar refractivity (Wildman–Crippen MR) is 104 cm³/mol. The molecule has 0 unspecified atom stereocenters. The van der Waals surface area contributed by atoms with Gasteiger partial charge in [-0.25, -0.2) is 8.42 Å². The van der Waals surface area contributed by atoms with Gasteiger partial charge in [0.25, 0.3) is 0 Å². The van der Waals surface area contributed by atoms with Gasteiger partial charge in [-0.15, -0.1) is 0 Å². The van der Waals surface area contributed by atoms with Crippen molar-refractivity contribution >= 4 is 37.4 Å². The molecule has 134 valence electrons. The van der Waals surface area contributed by atoms with Gasteiger partial charge in [0, 0.05) is 28.8 Å². The summed E-state index contributed by atoms with van der Waals surface area (Å²) < 4.78 is 27.2. The van der Waals surface area contributed by atoms with Crippen LogP contribution in [0.4, 0.5) is 5.69 Å². The van der Waals surface area contributed by atoms with E-state index in [4.69, 9.17) is 0 Å². The van der Waals surface area contributed by atoms with E-state index in [1.807, 2.05) is 24.3 Å². The first kappa shape index (κ1) is 19.6. The zero-order valence-corrected chi connectivity index (χ0v) is 16.6. The lowest BCUT2D eigenvalue weighted by atomic mass is 10.1. The highest BCUT2D eigenvalue weighted by Crippen LogP contribution is 2.17. The average molecular weight is 425 g/mol. The van der Waals surface area contributed by atoms with Gasteiger partial charge in [0.15, 0.2) is 5.78 Å². The maximum Gasteiger partial charge on any atom is 0.243 e. The van der Waals surface area contributed by atoms with Gasteiger partial charge in [-0.1, -0.05) is 29.8 Å². The van der Waals surface area contributed by atoms with Crippen molar-refractivity contribution in [3.8, 4) is 0 Å². The molecule has 0 aromatic heterocycles. The molecule has 0 atom stereocenters. The van der Waals surface area contributed by atoms with Crippen LogP contribution in [0.5, 0.6) is 0 Å². The molecule has 0 saturated heterocycles. The zero-order chi connectivity index (χ0) is 18.4. The number of benzene rings is 2. The maximum atomic E-state index is 12.4. The van der Waals surface area contributed by atoms with E-state index >= 15 is 0 Å². The molecule has 0 aliphatic carbocycles. The fourth-order valence-corrected chi connectivity index (χ4v) is 4.10. The molecule has 2 aromatic carbocycles. The number of hydrogen-bond donors (Lipinski definition) is 1. The third kappa shape index (κ3) is 4.90. The zero-order valence-electron chi connectivity index (χ0n) is 14.2. The monoisotopic (exact) mass is 424 g/mol. The summed E-state index contributed by atoms with van der Waals surface area (Å²) in [4.78, 5) is 12.5. The van der Waals surface area contributed by atoms with Gasteiger partial charge in [-0.2, -0.15) is 4.31 Å². The van der Waals surface area contributed by atoms with Gasteiger partial charge < -0.3 is 5.32 Å². The number of rotatable bonds is 8. The van der Waals surface area contributed by atoms with Crippen LogP contribution >= 0.6 is 15.9 Å².